The Morgan fingerprint density at radius 1 is 0.875 bits per heavy atom. The van der Waals surface area contributed by atoms with E-state index in [1.54, 1.807) is 0 Å². The van der Waals surface area contributed by atoms with Gasteiger partial charge < -0.3 is 0 Å². The van der Waals surface area contributed by atoms with E-state index in [-0.39, 0.29) is 0 Å². The maximum absolute atomic E-state index is 6.04. The number of unbranched alkanes of at least 4 members (excludes halogenated alkanes) is 1. The summed E-state index contributed by atoms with van der Waals surface area (Å²) in [7, 11) is 0. The van der Waals surface area contributed by atoms with E-state index < -0.39 is 0 Å². The topological polar surface area (TPSA) is 0 Å². The van der Waals surface area contributed by atoms with Gasteiger partial charge in [-0.2, -0.15) is 0 Å². The molecule has 0 saturated heterocycles. The van der Waals surface area contributed by atoms with Crippen LogP contribution in [-0.2, 0) is 0 Å². The third-order valence-corrected chi connectivity index (χ3v) is 6.68. The van der Waals surface area contributed by atoms with Crippen molar-refractivity contribution in [2.24, 2.45) is 0 Å². The molecule has 0 bridgehead atoms. The van der Waals surface area contributed by atoms with Crippen molar-refractivity contribution >= 4 is 46.3 Å². The first-order chi connectivity index (χ1) is 11.7. The molecule has 3 aromatic rings. The lowest BCUT2D eigenvalue weighted by atomic mass is 10.1. The molecule has 0 aliphatic rings. The molecule has 4 heteroatoms. The van der Waals surface area contributed by atoms with Crippen LogP contribution in [-0.4, -0.2) is 5.75 Å². The molecule has 0 saturated carbocycles. The van der Waals surface area contributed by atoms with Gasteiger partial charge in [0.25, 0.3) is 0 Å². The minimum atomic E-state index is 0.769. The first kappa shape index (κ1) is 17.9. The summed E-state index contributed by atoms with van der Waals surface area (Å²) in [5, 5.41) is 1.54. The Balaban J connectivity index is 1.98. The van der Waals surface area contributed by atoms with Crippen LogP contribution in [0.2, 0.25) is 10.0 Å². The maximum Gasteiger partial charge on any atom is 0.0485 e. The van der Waals surface area contributed by atoms with Gasteiger partial charge >= 0.3 is 0 Å². The molecule has 1 heterocycles. The van der Waals surface area contributed by atoms with Gasteiger partial charge in [0.1, 0.15) is 0 Å². The van der Waals surface area contributed by atoms with Crippen LogP contribution in [0.4, 0.5) is 0 Å². The molecular weight excluding hydrogens is 375 g/mol. The van der Waals surface area contributed by atoms with Gasteiger partial charge in [0, 0.05) is 24.7 Å². The summed E-state index contributed by atoms with van der Waals surface area (Å²) in [5.41, 5.74) is 2.44. The maximum atomic E-state index is 6.04. The first-order valence-electron chi connectivity index (χ1n) is 7.96. The summed E-state index contributed by atoms with van der Waals surface area (Å²) in [6.07, 6.45) is 2.45. The van der Waals surface area contributed by atoms with E-state index in [2.05, 4.69) is 37.3 Å². The lowest BCUT2D eigenvalue weighted by Crippen LogP contribution is -1.79. The average Bonchev–Trinajstić information content (AvgIpc) is 3.01. The number of thioether (sulfide) groups is 1. The van der Waals surface area contributed by atoms with Crippen LogP contribution in [0.1, 0.15) is 19.8 Å². The molecule has 0 spiro atoms. The molecule has 0 N–H and O–H groups in total. The highest BCUT2D eigenvalue weighted by atomic mass is 35.5. The predicted molar refractivity (Wildman–Crippen MR) is 111 cm³/mol. The molecule has 2 aromatic carbocycles. The summed E-state index contributed by atoms with van der Waals surface area (Å²) < 4.78 is 0. The van der Waals surface area contributed by atoms with Crippen molar-refractivity contribution < 1.29 is 0 Å². The van der Waals surface area contributed by atoms with Crippen LogP contribution in [0.3, 0.4) is 0 Å². The molecule has 0 radical (unpaired) electrons. The monoisotopic (exact) mass is 392 g/mol. The minimum Gasteiger partial charge on any atom is -0.134 e. The van der Waals surface area contributed by atoms with Crippen LogP contribution in [0.15, 0.2) is 59.5 Å². The van der Waals surface area contributed by atoms with E-state index >= 15 is 0 Å². The Hall–Kier alpha value is -0.930. The van der Waals surface area contributed by atoms with Crippen molar-refractivity contribution in [3.63, 3.8) is 0 Å². The van der Waals surface area contributed by atoms with Crippen molar-refractivity contribution in [3.8, 4) is 20.9 Å². The standard InChI is InChI=1S/C20H18Cl2S2/c1-2-3-12-23-19-13-18(14-4-8-16(21)9-5-14)24-20(19)15-6-10-17(22)11-7-15/h4-11,13H,2-3,12H2,1H3. The van der Waals surface area contributed by atoms with Gasteiger partial charge in [-0.15, -0.1) is 23.1 Å². The van der Waals surface area contributed by atoms with Gasteiger partial charge in [0.05, 0.1) is 0 Å². The molecule has 0 fully saturated rings. The lowest BCUT2D eigenvalue weighted by Gasteiger charge is -2.03. The quantitative estimate of drug-likeness (QED) is 0.300. The van der Waals surface area contributed by atoms with Crippen molar-refractivity contribution in [2.45, 2.75) is 24.7 Å². The van der Waals surface area contributed by atoms with E-state index in [0.717, 1.165) is 15.8 Å². The van der Waals surface area contributed by atoms with Gasteiger partial charge in [-0.3, -0.25) is 0 Å². The number of thiophene rings is 1. The number of hydrogen-bond acceptors (Lipinski definition) is 2. The summed E-state index contributed by atoms with van der Waals surface area (Å²) in [5.74, 6) is 1.15. The second-order valence-corrected chi connectivity index (χ2v) is 8.58. The Morgan fingerprint density at radius 3 is 2.04 bits per heavy atom. The van der Waals surface area contributed by atoms with Crippen molar-refractivity contribution in [2.75, 3.05) is 5.75 Å². The van der Waals surface area contributed by atoms with Crippen LogP contribution in [0, 0.1) is 0 Å². The van der Waals surface area contributed by atoms with Gasteiger partial charge in [-0.25, -0.2) is 0 Å². The first-order valence-corrected chi connectivity index (χ1v) is 10.5. The zero-order valence-electron chi connectivity index (χ0n) is 13.4. The van der Waals surface area contributed by atoms with Crippen LogP contribution in [0.25, 0.3) is 20.9 Å². The van der Waals surface area contributed by atoms with Crippen LogP contribution >= 0.6 is 46.3 Å². The Labute approximate surface area is 161 Å². The van der Waals surface area contributed by atoms with Crippen molar-refractivity contribution in [1.82, 2.24) is 0 Å². The Morgan fingerprint density at radius 2 is 1.46 bits per heavy atom. The summed E-state index contributed by atoms with van der Waals surface area (Å²) in [4.78, 5) is 3.94. The Kier molecular flexibility index (Phi) is 6.29. The number of halogens is 2. The molecule has 1 aromatic heterocycles. The van der Waals surface area contributed by atoms with E-state index in [0.29, 0.717) is 0 Å². The molecule has 0 amide bonds. The molecule has 24 heavy (non-hydrogen) atoms. The predicted octanol–water partition coefficient (Wildman–Crippen LogP) is 8.28. The summed E-state index contributed by atoms with van der Waals surface area (Å²) in [6.45, 7) is 2.23. The van der Waals surface area contributed by atoms with Gasteiger partial charge in [-0.1, -0.05) is 60.8 Å². The molecule has 3 rings (SSSR count). The minimum absolute atomic E-state index is 0.769. The number of rotatable bonds is 6. The largest absolute Gasteiger partial charge is 0.134 e. The van der Waals surface area contributed by atoms with E-state index in [1.165, 1.54) is 38.6 Å². The zero-order chi connectivity index (χ0) is 16.9. The highest BCUT2D eigenvalue weighted by Crippen LogP contribution is 2.43. The summed E-state index contributed by atoms with van der Waals surface area (Å²) in [6, 6.07) is 18.5. The van der Waals surface area contributed by atoms with Gasteiger partial charge in [0.15, 0.2) is 0 Å². The second-order valence-electron chi connectivity index (χ2n) is 5.52. The van der Waals surface area contributed by atoms with Gasteiger partial charge in [-0.05, 0) is 53.6 Å². The fourth-order valence-electron chi connectivity index (χ4n) is 2.37. The van der Waals surface area contributed by atoms with Gasteiger partial charge in [0.2, 0.25) is 0 Å². The molecular formula is C20H18Cl2S2. The van der Waals surface area contributed by atoms with E-state index in [4.69, 9.17) is 23.2 Å². The third-order valence-electron chi connectivity index (χ3n) is 3.69. The highest BCUT2D eigenvalue weighted by molar-refractivity contribution is 7.99. The smallest absolute Gasteiger partial charge is 0.0485 e. The van der Waals surface area contributed by atoms with E-state index in [1.807, 2.05) is 47.4 Å². The fraction of sp³-hybridized carbons (Fsp3) is 0.200. The molecule has 0 unspecified atom stereocenters. The Bertz CT molecular complexity index is 790. The number of hydrogen-bond donors (Lipinski definition) is 0. The molecule has 0 aliphatic carbocycles. The van der Waals surface area contributed by atoms with Crippen molar-refractivity contribution in [1.29, 1.82) is 0 Å². The SMILES string of the molecule is CCCCSc1cc(-c2ccc(Cl)cc2)sc1-c1ccc(Cl)cc1. The number of benzene rings is 2. The zero-order valence-corrected chi connectivity index (χ0v) is 16.5. The molecule has 124 valence electrons. The normalized spacial score (nSPS) is 11.0. The van der Waals surface area contributed by atoms with Crippen molar-refractivity contribution in [3.05, 3.63) is 64.6 Å². The summed E-state index contributed by atoms with van der Waals surface area (Å²) >= 11 is 15.8. The second kappa shape index (κ2) is 8.44. The molecule has 0 nitrogen and oxygen atoms in total. The van der Waals surface area contributed by atoms with E-state index in [9.17, 15) is 0 Å². The third kappa shape index (κ3) is 4.37. The molecule has 0 atom stereocenters. The van der Waals surface area contributed by atoms with Crippen LogP contribution < -0.4 is 0 Å². The lowest BCUT2D eigenvalue weighted by molar-refractivity contribution is 0.896. The average molecular weight is 393 g/mol. The highest BCUT2D eigenvalue weighted by Gasteiger charge is 2.13. The fourth-order valence-corrected chi connectivity index (χ4v) is 5.16. The molecule has 0 aliphatic heterocycles. The van der Waals surface area contributed by atoms with Crippen LogP contribution in [0.5, 0.6) is 0 Å².